The lowest BCUT2D eigenvalue weighted by Crippen LogP contribution is -2.37. The molecule has 1 fully saturated rings. The lowest BCUT2D eigenvalue weighted by atomic mass is 9.98. The second-order valence-corrected chi connectivity index (χ2v) is 4.87. The number of hydrogen-bond acceptors (Lipinski definition) is 2. The van der Waals surface area contributed by atoms with Crippen molar-refractivity contribution in [2.24, 2.45) is 5.92 Å². The second kappa shape index (κ2) is 5.52. The maximum atomic E-state index is 12.1. The van der Waals surface area contributed by atoms with Crippen molar-refractivity contribution in [2.45, 2.75) is 19.8 Å². The van der Waals surface area contributed by atoms with Crippen molar-refractivity contribution in [3.63, 3.8) is 0 Å². The van der Waals surface area contributed by atoms with Gasteiger partial charge in [0.25, 0.3) is 0 Å². The zero-order valence-corrected chi connectivity index (χ0v) is 10.7. The molecule has 0 bridgehead atoms. The number of benzene rings is 1. The summed E-state index contributed by atoms with van der Waals surface area (Å²) in [6.45, 7) is 3.71. The Balaban J connectivity index is 2.07. The Hall–Kier alpha value is -1.06. The Kier molecular flexibility index (Phi) is 4.02. The van der Waals surface area contributed by atoms with E-state index in [1.165, 1.54) is 0 Å². The van der Waals surface area contributed by atoms with Crippen LogP contribution in [0.5, 0.6) is 0 Å². The highest BCUT2D eigenvalue weighted by molar-refractivity contribution is 6.33. The van der Waals surface area contributed by atoms with Crippen LogP contribution in [0.2, 0.25) is 5.02 Å². The minimum Gasteiger partial charge on any atom is -0.324 e. The number of para-hydroxylation sites is 1. The van der Waals surface area contributed by atoms with E-state index in [4.69, 9.17) is 11.6 Å². The molecule has 2 N–H and O–H groups in total. The molecule has 0 unspecified atom stereocenters. The normalized spacial score (nSPS) is 20.0. The van der Waals surface area contributed by atoms with Gasteiger partial charge in [-0.2, -0.15) is 0 Å². The fourth-order valence-electron chi connectivity index (χ4n) is 2.09. The van der Waals surface area contributed by atoms with Gasteiger partial charge in [0, 0.05) is 6.54 Å². The summed E-state index contributed by atoms with van der Waals surface area (Å²) in [5.41, 5.74) is 1.74. The van der Waals surface area contributed by atoms with Crippen molar-refractivity contribution in [3.05, 3.63) is 28.8 Å². The lowest BCUT2D eigenvalue weighted by molar-refractivity contribution is -0.120. The van der Waals surface area contributed by atoms with Crippen LogP contribution >= 0.6 is 11.6 Å². The van der Waals surface area contributed by atoms with Crippen LogP contribution in [0.1, 0.15) is 18.4 Å². The molecule has 1 aliphatic heterocycles. The fourth-order valence-corrected chi connectivity index (χ4v) is 2.36. The zero-order chi connectivity index (χ0) is 12.3. The maximum Gasteiger partial charge on any atom is 0.228 e. The minimum atomic E-state index is 0.0550. The van der Waals surface area contributed by atoms with Gasteiger partial charge >= 0.3 is 0 Å². The molecule has 0 radical (unpaired) electrons. The van der Waals surface area contributed by atoms with Crippen molar-refractivity contribution in [1.82, 2.24) is 5.32 Å². The molecule has 0 spiro atoms. The van der Waals surface area contributed by atoms with Crippen LogP contribution in [-0.2, 0) is 4.79 Å². The SMILES string of the molecule is Cc1cccc(Cl)c1NC(=O)[C@@H]1CCCNC1. The van der Waals surface area contributed by atoms with Crippen LogP contribution in [0.4, 0.5) is 5.69 Å². The molecule has 0 aliphatic carbocycles. The van der Waals surface area contributed by atoms with E-state index < -0.39 is 0 Å². The standard InChI is InChI=1S/C13H17ClN2O/c1-9-4-2-6-11(14)12(9)16-13(17)10-5-3-7-15-8-10/h2,4,6,10,15H,3,5,7-8H2,1H3,(H,16,17)/t10-/m1/s1. The van der Waals surface area contributed by atoms with Gasteiger partial charge in [-0.25, -0.2) is 0 Å². The first kappa shape index (κ1) is 12.4. The summed E-state index contributed by atoms with van der Waals surface area (Å²) in [7, 11) is 0. The van der Waals surface area contributed by atoms with E-state index in [1.807, 2.05) is 19.1 Å². The van der Waals surface area contributed by atoms with Crippen molar-refractivity contribution >= 4 is 23.2 Å². The van der Waals surface area contributed by atoms with E-state index in [0.29, 0.717) is 5.02 Å². The highest BCUT2D eigenvalue weighted by Gasteiger charge is 2.21. The van der Waals surface area contributed by atoms with E-state index >= 15 is 0 Å². The number of amides is 1. The van der Waals surface area contributed by atoms with Crippen molar-refractivity contribution in [1.29, 1.82) is 0 Å². The number of aryl methyl sites for hydroxylation is 1. The molecule has 92 valence electrons. The third kappa shape index (κ3) is 2.99. The van der Waals surface area contributed by atoms with Crippen LogP contribution in [0, 0.1) is 12.8 Å². The molecular weight excluding hydrogens is 236 g/mol. The molecule has 1 saturated heterocycles. The third-order valence-electron chi connectivity index (χ3n) is 3.14. The summed E-state index contributed by atoms with van der Waals surface area (Å²) in [5, 5.41) is 6.77. The van der Waals surface area contributed by atoms with Gasteiger partial charge in [0.05, 0.1) is 16.6 Å². The molecule has 1 aliphatic rings. The number of hydrogen-bond donors (Lipinski definition) is 2. The molecule has 4 heteroatoms. The first-order chi connectivity index (χ1) is 8.18. The molecule has 1 aromatic carbocycles. The predicted molar refractivity (Wildman–Crippen MR) is 70.4 cm³/mol. The van der Waals surface area contributed by atoms with E-state index in [1.54, 1.807) is 6.07 Å². The zero-order valence-electron chi connectivity index (χ0n) is 9.92. The first-order valence-corrected chi connectivity index (χ1v) is 6.33. The van der Waals surface area contributed by atoms with Crippen LogP contribution in [-0.4, -0.2) is 19.0 Å². The Morgan fingerprint density at radius 1 is 1.53 bits per heavy atom. The molecule has 1 heterocycles. The Bertz CT molecular complexity index is 394. The smallest absolute Gasteiger partial charge is 0.228 e. The van der Waals surface area contributed by atoms with Crippen molar-refractivity contribution in [2.75, 3.05) is 18.4 Å². The molecule has 1 atom stereocenters. The van der Waals surface area contributed by atoms with Crippen LogP contribution in [0.25, 0.3) is 0 Å². The minimum absolute atomic E-state index is 0.0550. The summed E-state index contributed by atoms with van der Waals surface area (Å²) in [6, 6.07) is 5.62. The quantitative estimate of drug-likeness (QED) is 0.850. The monoisotopic (exact) mass is 252 g/mol. The molecule has 2 rings (SSSR count). The number of anilines is 1. The van der Waals surface area contributed by atoms with E-state index in [-0.39, 0.29) is 11.8 Å². The van der Waals surface area contributed by atoms with E-state index in [2.05, 4.69) is 10.6 Å². The van der Waals surface area contributed by atoms with Crippen molar-refractivity contribution < 1.29 is 4.79 Å². The molecule has 3 nitrogen and oxygen atoms in total. The summed E-state index contributed by atoms with van der Waals surface area (Å²) in [6.07, 6.45) is 2.00. The van der Waals surface area contributed by atoms with Gasteiger partial charge in [-0.1, -0.05) is 23.7 Å². The lowest BCUT2D eigenvalue weighted by Gasteiger charge is -2.22. The number of halogens is 1. The molecule has 1 amide bonds. The maximum absolute atomic E-state index is 12.1. The molecule has 17 heavy (non-hydrogen) atoms. The third-order valence-corrected chi connectivity index (χ3v) is 3.45. The highest BCUT2D eigenvalue weighted by Crippen LogP contribution is 2.26. The summed E-state index contributed by atoms with van der Waals surface area (Å²) >= 11 is 6.08. The molecule has 0 saturated carbocycles. The predicted octanol–water partition coefficient (Wildman–Crippen LogP) is 2.59. The number of carbonyl (C=O) groups is 1. The van der Waals surface area contributed by atoms with E-state index in [0.717, 1.165) is 37.2 Å². The Morgan fingerprint density at radius 3 is 3.00 bits per heavy atom. The van der Waals surface area contributed by atoms with Gasteiger partial charge in [0.2, 0.25) is 5.91 Å². The highest BCUT2D eigenvalue weighted by atomic mass is 35.5. The topological polar surface area (TPSA) is 41.1 Å². The van der Waals surface area contributed by atoms with Crippen molar-refractivity contribution in [3.8, 4) is 0 Å². The fraction of sp³-hybridized carbons (Fsp3) is 0.462. The van der Waals surface area contributed by atoms with Gasteiger partial charge in [-0.15, -0.1) is 0 Å². The number of rotatable bonds is 2. The van der Waals surface area contributed by atoms with Gasteiger partial charge in [-0.05, 0) is 37.9 Å². The summed E-state index contributed by atoms with van der Waals surface area (Å²) in [5.74, 6) is 0.118. The number of piperidine rings is 1. The summed E-state index contributed by atoms with van der Waals surface area (Å²) in [4.78, 5) is 12.1. The number of nitrogens with one attached hydrogen (secondary N) is 2. The first-order valence-electron chi connectivity index (χ1n) is 5.95. The average Bonchev–Trinajstić information content (AvgIpc) is 2.35. The Labute approximate surface area is 107 Å². The van der Waals surface area contributed by atoms with Gasteiger partial charge in [0.1, 0.15) is 0 Å². The van der Waals surface area contributed by atoms with Gasteiger partial charge in [0.15, 0.2) is 0 Å². The Morgan fingerprint density at radius 2 is 2.35 bits per heavy atom. The molecular formula is C13H17ClN2O. The second-order valence-electron chi connectivity index (χ2n) is 4.46. The van der Waals surface area contributed by atoms with Crippen LogP contribution in [0.3, 0.4) is 0 Å². The largest absolute Gasteiger partial charge is 0.324 e. The summed E-state index contributed by atoms with van der Waals surface area (Å²) < 4.78 is 0. The number of carbonyl (C=O) groups excluding carboxylic acids is 1. The van der Waals surface area contributed by atoms with Gasteiger partial charge < -0.3 is 10.6 Å². The van der Waals surface area contributed by atoms with Crippen LogP contribution in [0.15, 0.2) is 18.2 Å². The van der Waals surface area contributed by atoms with E-state index in [9.17, 15) is 4.79 Å². The average molecular weight is 253 g/mol. The van der Waals surface area contributed by atoms with Crippen LogP contribution < -0.4 is 10.6 Å². The molecule has 0 aromatic heterocycles. The van der Waals surface area contributed by atoms with Gasteiger partial charge in [-0.3, -0.25) is 4.79 Å². The molecule has 1 aromatic rings.